The predicted molar refractivity (Wildman–Crippen MR) is 111 cm³/mol. The lowest BCUT2D eigenvalue weighted by atomic mass is 10.0. The van der Waals surface area contributed by atoms with Crippen LogP contribution in [-0.4, -0.2) is 28.3 Å². The topological polar surface area (TPSA) is 71.5 Å². The molecule has 5 nitrogen and oxygen atoms in total. The number of hydrogen-bond acceptors (Lipinski definition) is 4. The molecule has 0 fully saturated rings. The van der Waals surface area contributed by atoms with E-state index in [9.17, 15) is 36.2 Å². The van der Waals surface area contributed by atoms with Crippen LogP contribution in [0.5, 0.6) is 5.75 Å². The molecule has 3 rings (SSSR count). The summed E-state index contributed by atoms with van der Waals surface area (Å²) in [6, 6.07) is 6.75. The van der Waals surface area contributed by atoms with Gasteiger partial charge >= 0.3 is 6.18 Å². The average Bonchev–Trinajstić information content (AvgIpc) is 2.77. The highest BCUT2D eigenvalue weighted by atomic mass is 35.5. The molecule has 0 spiro atoms. The molecular formula is C22H15ClF6N2O3. The lowest BCUT2D eigenvalue weighted by molar-refractivity contribution is -0.189. The van der Waals surface area contributed by atoms with Gasteiger partial charge in [0, 0.05) is 5.56 Å². The Morgan fingerprint density at radius 1 is 1.12 bits per heavy atom. The molecule has 180 valence electrons. The predicted octanol–water partition coefficient (Wildman–Crippen LogP) is 5.89. The first-order valence-electron chi connectivity index (χ1n) is 9.51. The van der Waals surface area contributed by atoms with Crippen molar-refractivity contribution in [3.63, 3.8) is 0 Å². The number of aliphatic hydroxyl groups excluding tert-OH is 1. The van der Waals surface area contributed by atoms with Gasteiger partial charge < -0.3 is 15.2 Å². The highest BCUT2D eigenvalue weighted by Crippen LogP contribution is 2.34. The number of hydrogen-bond donors (Lipinski definition) is 2. The molecule has 0 aliphatic carbocycles. The van der Waals surface area contributed by atoms with Gasteiger partial charge in [-0.2, -0.15) is 13.2 Å². The number of carbonyl (C=O) groups excluding carboxylic acids is 1. The van der Waals surface area contributed by atoms with Crippen molar-refractivity contribution in [2.24, 2.45) is 0 Å². The fourth-order valence-electron chi connectivity index (χ4n) is 2.83. The molecule has 0 radical (unpaired) electrons. The second-order valence-electron chi connectivity index (χ2n) is 6.96. The number of pyridine rings is 1. The minimum absolute atomic E-state index is 0.205. The smallest absolute Gasteiger partial charge is 0.425 e. The van der Waals surface area contributed by atoms with Crippen LogP contribution in [0.25, 0.3) is 11.3 Å². The lowest BCUT2D eigenvalue weighted by Gasteiger charge is -2.21. The number of alkyl halides is 3. The number of benzene rings is 2. The van der Waals surface area contributed by atoms with Gasteiger partial charge in [-0.25, -0.2) is 18.2 Å². The monoisotopic (exact) mass is 504 g/mol. The van der Waals surface area contributed by atoms with E-state index in [1.807, 2.05) is 0 Å². The van der Waals surface area contributed by atoms with E-state index < -0.39 is 70.5 Å². The second-order valence-corrected chi connectivity index (χ2v) is 7.37. The molecular weight excluding hydrogens is 490 g/mol. The van der Waals surface area contributed by atoms with Crippen LogP contribution in [0.1, 0.15) is 23.0 Å². The molecule has 1 atom stereocenters. The number of aliphatic hydroxyl groups is 1. The molecule has 3 aromatic rings. The largest absolute Gasteiger partial charge is 0.480 e. The van der Waals surface area contributed by atoms with Crippen molar-refractivity contribution in [1.29, 1.82) is 0 Å². The van der Waals surface area contributed by atoms with Crippen LogP contribution in [-0.2, 0) is 6.61 Å². The highest BCUT2D eigenvalue weighted by molar-refractivity contribution is 6.34. The minimum atomic E-state index is -4.84. The van der Waals surface area contributed by atoms with Crippen molar-refractivity contribution >= 4 is 23.2 Å². The van der Waals surface area contributed by atoms with Gasteiger partial charge in [-0.1, -0.05) is 17.7 Å². The first-order chi connectivity index (χ1) is 15.9. The number of nitrogens with one attached hydrogen (secondary N) is 1. The second kappa shape index (κ2) is 9.90. The Labute approximate surface area is 194 Å². The molecule has 1 amide bonds. The van der Waals surface area contributed by atoms with Crippen molar-refractivity contribution in [3.8, 4) is 17.0 Å². The first-order valence-corrected chi connectivity index (χ1v) is 9.89. The Morgan fingerprint density at radius 2 is 1.82 bits per heavy atom. The number of halogens is 7. The Balaban J connectivity index is 2.11. The summed E-state index contributed by atoms with van der Waals surface area (Å²) >= 11 is 5.85. The standard InChI is InChI=1S/C22H15ClF6N2O3/c1-10(22(27,28)29)34-19-8-11(17-6-5-14(24)18(9-32)30-17)16(26)7-12(19)21(33)31-20-13(23)3-2-4-15(20)25/h2-8,10,32H,9H2,1H3,(H,31,33). The number of anilines is 1. The summed E-state index contributed by atoms with van der Waals surface area (Å²) in [4.78, 5) is 16.5. The Bertz CT molecular complexity index is 1220. The molecule has 0 aliphatic rings. The van der Waals surface area contributed by atoms with Gasteiger partial charge in [-0.3, -0.25) is 4.79 Å². The van der Waals surface area contributed by atoms with E-state index in [0.29, 0.717) is 13.0 Å². The molecule has 0 saturated carbocycles. The van der Waals surface area contributed by atoms with Crippen molar-refractivity contribution in [2.75, 3.05) is 5.32 Å². The van der Waals surface area contributed by atoms with Crippen LogP contribution in [0, 0.1) is 17.5 Å². The third kappa shape index (κ3) is 5.42. The van der Waals surface area contributed by atoms with Crippen LogP contribution in [0.15, 0.2) is 42.5 Å². The van der Waals surface area contributed by atoms with Gasteiger partial charge in [0.15, 0.2) is 6.10 Å². The normalized spacial score (nSPS) is 12.4. The van der Waals surface area contributed by atoms with E-state index in [1.54, 1.807) is 0 Å². The van der Waals surface area contributed by atoms with Gasteiger partial charge in [0.1, 0.15) is 28.9 Å². The number of para-hydroxylation sites is 1. The summed E-state index contributed by atoms with van der Waals surface area (Å²) in [7, 11) is 0. The molecule has 2 aromatic carbocycles. The summed E-state index contributed by atoms with van der Waals surface area (Å²) < 4.78 is 86.9. The van der Waals surface area contributed by atoms with Gasteiger partial charge in [0.2, 0.25) is 0 Å². The molecule has 2 N–H and O–H groups in total. The van der Waals surface area contributed by atoms with E-state index in [1.165, 1.54) is 12.1 Å². The number of ether oxygens (including phenoxy) is 1. The lowest BCUT2D eigenvalue weighted by Crippen LogP contribution is -2.32. The van der Waals surface area contributed by atoms with Gasteiger partial charge in [-0.15, -0.1) is 0 Å². The highest BCUT2D eigenvalue weighted by Gasteiger charge is 2.39. The SMILES string of the molecule is CC(Oc1cc(-c2ccc(F)c(CO)n2)c(F)cc1C(=O)Nc1c(F)cccc1Cl)C(F)(F)F. The van der Waals surface area contributed by atoms with Crippen LogP contribution < -0.4 is 10.1 Å². The van der Waals surface area contributed by atoms with Crippen LogP contribution in [0.3, 0.4) is 0 Å². The Morgan fingerprint density at radius 3 is 2.44 bits per heavy atom. The fraction of sp³-hybridized carbons (Fsp3) is 0.182. The van der Waals surface area contributed by atoms with E-state index >= 15 is 0 Å². The molecule has 1 unspecified atom stereocenters. The van der Waals surface area contributed by atoms with Gasteiger partial charge in [0.05, 0.1) is 28.6 Å². The minimum Gasteiger partial charge on any atom is -0.480 e. The number of amides is 1. The van der Waals surface area contributed by atoms with Crippen LogP contribution in [0.2, 0.25) is 5.02 Å². The van der Waals surface area contributed by atoms with Gasteiger partial charge in [-0.05, 0) is 43.3 Å². The Kier molecular flexibility index (Phi) is 7.37. The average molecular weight is 505 g/mol. The van der Waals surface area contributed by atoms with E-state index in [4.69, 9.17) is 16.3 Å². The number of carbonyl (C=O) groups is 1. The number of nitrogens with zero attached hydrogens (tertiary/aromatic N) is 1. The maximum absolute atomic E-state index is 14.9. The van der Waals surface area contributed by atoms with Gasteiger partial charge in [0.25, 0.3) is 5.91 Å². The third-order valence-electron chi connectivity index (χ3n) is 4.62. The van der Waals surface area contributed by atoms with E-state index in [0.717, 1.165) is 24.3 Å². The molecule has 1 aromatic heterocycles. The maximum atomic E-state index is 14.9. The van der Waals surface area contributed by atoms with E-state index in [2.05, 4.69) is 10.3 Å². The number of rotatable bonds is 6. The summed E-state index contributed by atoms with van der Waals surface area (Å²) in [6.45, 7) is -0.155. The zero-order chi connectivity index (χ0) is 25.2. The zero-order valence-corrected chi connectivity index (χ0v) is 17.9. The molecule has 0 saturated heterocycles. The molecule has 0 aliphatic heterocycles. The zero-order valence-electron chi connectivity index (χ0n) is 17.2. The summed E-state index contributed by atoms with van der Waals surface area (Å²) in [5.74, 6) is -4.85. The Hall–Kier alpha value is -3.31. The summed E-state index contributed by atoms with van der Waals surface area (Å²) in [5.41, 5.74) is -2.27. The maximum Gasteiger partial charge on any atom is 0.425 e. The molecule has 1 heterocycles. The van der Waals surface area contributed by atoms with Crippen molar-refractivity contribution in [2.45, 2.75) is 25.8 Å². The quantitative estimate of drug-likeness (QED) is 0.410. The molecule has 34 heavy (non-hydrogen) atoms. The summed E-state index contributed by atoms with van der Waals surface area (Å²) in [5, 5.41) is 11.1. The van der Waals surface area contributed by atoms with Crippen molar-refractivity contribution < 1.29 is 41.0 Å². The summed E-state index contributed by atoms with van der Waals surface area (Å²) in [6.07, 6.45) is -7.25. The first kappa shape index (κ1) is 25.3. The van der Waals surface area contributed by atoms with Crippen LogP contribution >= 0.6 is 11.6 Å². The van der Waals surface area contributed by atoms with Crippen molar-refractivity contribution in [1.82, 2.24) is 4.98 Å². The van der Waals surface area contributed by atoms with E-state index in [-0.39, 0.29) is 10.7 Å². The third-order valence-corrected chi connectivity index (χ3v) is 4.94. The number of aromatic nitrogens is 1. The molecule has 0 bridgehead atoms. The van der Waals surface area contributed by atoms with Crippen molar-refractivity contribution in [3.05, 3.63) is 76.2 Å². The van der Waals surface area contributed by atoms with Crippen LogP contribution in [0.4, 0.5) is 32.0 Å². The fourth-order valence-corrected chi connectivity index (χ4v) is 3.04. The molecule has 12 heteroatoms.